The number of nitrogens with zero attached hydrogens (tertiary/aromatic N) is 6. The minimum absolute atomic E-state index is 0.403. The molecular weight excluding hydrogens is 266 g/mol. The lowest BCUT2D eigenvalue weighted by Crippen LogP contribution is -2.49. The van der Waals surface area contributed by atoms with Gasteiger partial charge in [0.05, 0.1) is 23.7 Å². The lowest BCUT2D eigenvalue weighted by Gasteiger charge is -2.32. The number of nitriles is 1. The first kappa shape index (κ1) is 13.5. The van der Waals surface area contributed by atoms with Crippen LogP contribution in [0.2, 0.25) is 0 Å². The molecule has 0 saturated carbocycles. The van der Waals surface area contributed by atoms with E-state index in [1.807, 2.05) is 13.2 Å². The number of aromatic nitrogens is 4. The van der Waals surface area contributed by atoms with Crippen molar-refractivity contribution in [3.8, 4) is 17.3 Å². The van der Waals surface area contributed by atoms with E-state index in [-0.39, 0.29) is 0 Å². The summed E-state index contributed by atoms with van der Waals surface area (Å²) in [5.41, 5.74) is 1.94. The number of anilines is 1. The van der Waals surface area contributed by atoms with Crippen LogP contribution in [0.4, 0.5) is 5.95 Å². The maximum absolute atomic E-state index is 9.25. The highest BCUT2D eigenvalue weighted by molar-refractivity contribution is 5.66. The van der Waals surface area contributed by atoms with Gasteiger partial charge >= 0.3 is 0 Å². The molecule has 7 heteroatoms. The van der Waals surface area contributed by atoms with Gasteiger partial charge in [-0.2, -0.15) is 10.4 Å². The highest BCUT2D eigenvalue weighted by Gasteiger charge is 2.20. The first-order valence-electron chi connectivity index (χ1n) is 6.92. The highest BCUT2D eigenvalue weighted by atomic mass is 15.3. The van der Waals surface area contributed by atoms with E-state index in [1.165, 1.54) is 0 Å². The van der Waals surface area contributed by atoms with Crippen LogP contribution in [0.25, 0.3) is 11.3 Å². The molecule has 1 aliphatic rings. The molecular formula is C14H17N7. The average Bonchev–Trinajstić information content (AvgIpc) is 2.93. The Morgan fingerprint density at radius 3 is 2.95 bits per heavy atom. The maximum Gasteiger partial charge on any atom is 0.226 e. The maximum atomic E-state index is 9.25. The predicted molar refractivity (Wildman–Crippen MR) is 78.6 cm³/mol. The van der Waals surface area contributed by atoms with E-state index in [0.717, 1.165) is 25.2 Å². The van der Waals surface area contributed by atoms with Gasteiger partial charge in [-0.05, 0) is 6.92 Å². The summed E-state index contributed by atoms with van der Waals surface area (Å²) in [6.45, 7) is 4.77. The number of hydrogen-bond acceptors (Lipinski definition) is 6. The second-order valence-electron chi connectivity index (χ2n) is 5.25. The number of hydrogen-bond donors (Lipinski definition) is 1. The molecule has 1 fully saturated rings. The zero-order valence-electron chi connectivity index (χ0n) is 12.1. The van der Waals surface area contributed by atoms with Gasteiger partial charge in [0.1, 0.15) is 6.07 Å². The molecule has 0 bridgehead atoms. The van der Waals surface area contributed by atoms with E-state index < -0.39 is 0 Å². The van der Waals surface area contributed by atoms with Gasteiger partial charge in [-0.3, -0.25) is 4.68 Å². The normalized spacial score (nSPS) is 18.5. The second-order valence-corrected chi connectivity index (χ2v) is 5.25. The van der Waals surface area contributed by atoms with Crippen molar-refractivity contribution in [2.24, 2.45) is 7.05 Å². The molecule has 1 atom stereocenters. The van der Waals surface area contributed by atoms with Crippen molar-refractivity contribution in [1.29, 1.82) is 5.26 Å². The van der Waals surface area contributed by atoms with Gasteiger partial charge in [0.15, 0.2) is 0 Å². The zero-order valence-corrected chi connectivity index (χ0v) is 12.1. The fourth-order valence-electron chi connectivity index (χ4n) is 2.48. The van der Waals surface area contributed by atoms with E-state index >= 15 is 0 Å². The van der Waals surface area contributed by atoms with Gasteiger partial charge in [0.25, 0.3) is 0 Å². The molecule has 21 heavy (non-hydrogen) atoms. The van der Waals surface area contributed by atoms with Crippen molar-refractivity contribution in [2.75, 3.05) is 24.5 Å². The van der Waals surface area contributed by atoms with E-state index in [4.69, 9.17) is 0 Å². The molecule has 0 aliphatic carbocycles. The molecule has 1 N–H and O–H groups in total. The van der Waals surface area contributed by atoms with Gasteiger partial charge in [-0.25, -0.2) is 9.97 Å². The summed E-state index contributed by atoms with van der Waals surface area (Å²) < 4.78 is 1.70. The summed E-state index contributed by atoms with van der Waals surface area (Å²) >= 11 is 0. The highest BCUT2D eigenvalue weighted by Crippen LogP contribution is 2.22. The van der Waals surface area contributed by atoms with Crippen LogP contribution in [0.5, 0.6) is 0 Å². The SMILES string of the molecule is C[C@@H]1CN(c2ncc(C#N)c(-c3cnn(C)c3)n2)CCN1. The average molecular weight is 283 g/mol. The number of aryl methyl sites for hydroxylation is 1. The lowest BCUT2D eigenvalue weighted by atomic mass is 10.1. The quantitative estimate of drug-likeness (QED) is 0.866. The first-order valence-corrected chi connectivity index (χ1v) is 6.92. The second kappa shape index (κ2) is 5.50. The van der Waals surface area contributed by atoms with Crippen LogP contribution in [0, 0.1) is 11.3 Å². The summed E-state index contributed by atoms with van der Waals surface area (Å²) in [5.74, 6) is 0.668. The zero-order chi connectivity index (χ0) is 14.8. The Morgan fingerprint density at radius 1 is 1.43 bits per heavy atom. The Labute approximate surface area is 123 Å². The van der Waals surface area contributed by atoms with Crippen molar-refractivity contribution in [3.63, 3.8) is 0 Å². The Bertz CT molecular complexity index is 685. The molecule has 3 rings (SSSR count). The third-order valence-corrected chi connectivity index (χ3v) is 3.53. The summed E-state index contributed by atoms with van der Waals surface area (Å²) in [6.07, 6.45) is 5.16. The lowest BCUT2D eigenvalue weighted by molar-refractivity contribution is 0.479. The van der Waals surface area contributed by atoms with Crippen molar-refractivity contribution >= 4 is 5.95 Å². The molecule has 2 aromatic heterocycles. The third-order valence-electron chi connectivity index (χ3n) is 3.53. The molecule has 0 amide bonds. The topological polar surface area (TPSA) is 82.7 Å². The molecule has 0 spiro atoms. The molecule has 1 saturated heterocycles. The molecule has 108 valence electrons. The van der Waals surface area contributed by atoms with E-state index in [1.54, 1.807) is 17.1 Å². The van der Waals surface area contributed by atoms with E-state index in [0.29, 0.717) is 23.2 Å². The van der Waals surface area contributed by atoms with Crippen LogP contribution in [0.3, 0.4) is 0 Å². The number of rotatable bonds is 2. The first-order chi connectivity index (χ1) is 10.2. The van der Waals surface area contributed by atoms with Gasteiger partial charge < -0.3 is 10.2 Å². The molecule has 0 aromatic carbocycles. The Morgan fingerprint density at radius 2 is 2.29 bits per heavy atom. The van der Waals surface area contributed by atoms with E-state index in [9.17, 15) is 5.26 Å². The molecule has 0 unspecified atom stereocenters. The summed E-state index contributed by atoms with van der Waals surface area (Å²) in [7, 11) is 1.84. The van der Waals surface area contributed by atoms with Crippen LogP contribution in [-0.2, 0) is 7.05 Å². The fourth-order valence-corrected chi connectivity index (χ4v) is 2.48. The van der Waals surface area contributed by atoms with Gasteiger partial charge in [-0.15, -0.1) is 0 Å². The number of piperazine rings is 1. The largest absolute Gasteiger partial charge is 0.338 e. The summed E-state index contributed by atoms with van der Waals surface area (Å²) in [6, 6.07) is 2.55. The molecule has 7 nitrogen and oxygen atoms in total. The van der Waals surface area contributed by atoms with Crippen LogP contribution in [-0.4, -0.2) is 45.4 Å². The predicted octanol–water partition coefficient (Wildman–Crippen LogP) is 0.547. The molecule has 1 aliphatic heterocycles. The van der Waals surface area contributed by atoms with Crippen LogP contribution >= 0.6 is 0 Å². The Balaban J connectivity index is 1.99. The minimum Gasteiger partial charge on any atom is -0.338 e. The van der Waals surface area contributed by atoms with Crippen LogP contribution < -0.4 is 10.2 Å². The van der Waals surface area contributed by atoms with Gasteiger partial charge in [0, 0.05) is 44.5 Å². The molecule has 3 heterocycles. The fraction of sp³-hybridized carbons (Fsp3) is 0.429. The monoisotopic (exact) mass is 283 g/mol. The summed E-state index contributed by atoms with van der Waals surface area (Å²) in [4.78, 5) is 11.1. The number of nitrogens with one attached hydrogen (secondary N) is 1. The third kappa shape index (κ3) is 2.71. The molecule has 0 radical (unpaired) electrons. The van der Waals surface area contributed by atoms with Crippen molar-refractivity contribution in [3.05, 3.63) is 24.2 Å². The van der Waals surface area contributed by atoms with Crippen molar-refractivity contribution < 1.29 is 0 Å². The standard InChI is InChI=1S/C14H17N7/c1-10-8-21(4-3-16-10)14-17-6-11(5-15)13(19-14)12-7-18-20(2)9-12/h6-7,9-10,16H,3-4,8H2,1-2H3/t10-/m1/s1. The minimum atomic E-state index is 0.403. The summed E-state index contributed by atoms with van der Waals surface area (Å²) in [5, 5.41) is 16.8. The van der Waals surface area contributed by atoms with Gasteiger partial charge in [-0.1, -0.05) is 0 Å². The smallest absolute Gasteiger partial charge is 0.226 e. The Kier molecular flexibility index (Phi) is 3.54. The van der Waals surface area contributed by atoms with Crippen molar-refractivity contribution in [1.82, 2.24) is 25.1 Å². The molecule has 2 aromatic rings. The van der Waals surface area contributed by atoms with Crippen molar-refractivity contribution in [2.45, 2.75) is 13.0 Å². The van der Waals surface area contributed by atoms with Crippen LogP contribution in [0.15, 0.2) is 18.6 Å². The Hall–Kier alpha value is -2.46. The van der Waals surface area contributed by atoms with Crippen LogP contribution in [0.1, 0.15) is 12.5 Å². The van der Waals surface area contributed by atoms with E-state index in [2.05, 4.69) is 38.3 Å². The van der Waals surface area contributed by atoms with Gasteiger partial charge in [0.2, 0.25) is 5.95 Å².